The third-order valence-electron chi connectivity index (χ3n) is 3.89. The summed E-state index contributed by atoms with van der Waals surface area (Å²) < 4.78 is 0. The lowest BCUT2D eigenvalue weighted by atomic mass is 10.1. The van der Waals surface area contributed by atoms with Gasteiger partial charge in [0.25, 0.3) is 5.91 Å². The van der Waals surface area contributed by atoms with Gasteiger partial charge in [-0.15, -0.1) is 0 Å². The van der Waals surface area contributed by atoms with E-state index in [9.17, 15) is 4.79 Å². The van der Waals surface area contributed by atoms with Crippen LogP contribution < -0.4 is 5.32 Å². The lowest BCUT2D eigenvalue weighted by Crippen LogP contribution is -2.32. The molecule has 100 valence electrons. The Balaban J connectivity index is 1.74. The van der Waals surface area contributed by atoms with Crippen molar-refractivity contribution in [2.24, 2.45) is 0 Å². The van der Waals surface area contributed by atoms with Crippen LogP contribution in [0.3, 0.4) is 0 Å². The minimum Gasteiger partial charge on any atom is -0.360 e. The van der Waals surface area contributed by atoms with Crippen molar-refractivity contribution < 1.29 is 4.79 Å². The van der Waals surface area contributed by atoms with E-state index < -0.39 is 0 Å². The minimum absolute atomic E-state index is 0.0456. The highest BCUT2D eigenvalue weighted by atomic mass is 32.2. The van der Waals surface area contributed by atoms with Crippen LogP contribution in [0.4, 0.5) is 0 Å². The number of aromatic amines is 1. The molecule has 0 spiro atoms. The highest BCUT2D eigenvalue weighted by Crippen LogP contribution is 2.28. The summed E-state index contributed by atoms with van der Waals surface area (Å²) in [5.41, 5.74) is 1.77. The molecule has 1 heterocycles. The third kappa shape index (κ3) is 2.50. The van der Waals surface area contributed by atoms with Gasteiger partial charge in [0.1, 0.15) is 0 Å². The van der Waals surface area contributed by atoms with Gasteiger partial charge in [0.2, 0.25) is 0 Å². The van der Waals surface area contributed by atoms with Crippen LogP contribution in [0, 0.1) is 0 Å². The van der Waals surface area contributed by atoms with Crippen LogP contribution in [-0.4, -0.2) is 28.4 Å². The fraction of sp³-hybridized carbons (Fsp3) is 0.400. The fourth-order valence-electron chi connectivity index (χ4n) is 2.81. The molecular formula is C15H18N2OS. The average molecular weight is 274 g/mol. The minimum atomic E-state index is 0.0456. The van der Waals surface area contributed by atoms with E-state index in [0.717, 1.165) is 29.3 Å². The van der Waals surface area contributed by atoms with Crippen LogP contribution in [0.1, 0.15) is 29.6 Å². The number of nitrogens with one attached hydrogen (secondary N) is 2. The summed E-state index contributed by atoms with van der Waals surface area (Å²) in [6.45, 7) is 0. The number of benzene rings is 1. The molecule has 3 rings (SSSR count). The van der Waals surface area contributed by atoms with Gasteiger partial charge in [0, 0.05) is 28.4 Å². The molecule has 1 aliphatic carbocycles. The number of aromatic nitrogens is 1. The number of para-hydroxylation sites is 1. The Bertz CT molecular complexity index is 593. The van der Waals surface area contributed by atoms with Crippen molar-refractivity contribution >= 4 is 28.6 Å². The van der Waals surface area contributed by atoms with Crippen molar-refractivity contribution in [3.8, 4) is 0 Å². The molecule has 0 saturated heterocycles. The van der Waals surface area contributed by atoms with E-state index in [0.29, 0.717) is 11.3 Å². The second-order valence-corrected chi connectivity index (χ2v) is 6.23. The van der Waals surface area contributed by atoms with E-state index in [2.05, 4.69) is 16.6 Å². The molecule has 1 amide bonds. The summed E-state index contributed by atoms with van der Waals surface area (Å²) in [6.07, 6.45) is 7.35. The molecule has 1 aromatic heterocycles. The van der Waals surface area contributed by atoms with Crippen LogP contribution in [0.15, 0.2) is 30.5 Å². The van der Waals surface area contributed by atoms with Gasteiger partial charge in [0.15, 0.2) is 0 Å². The van der Waals surface area contributed by atoms with Crippen molar-refractivity contribution in [3.05, 3.63) is 36.0 Å². The molecule has 2 N–H and O–H groups in total. The van der Waals surface area contributed by atoms with Crippen molar-refractivity contribution in [3.63, 3.8) is 0 Å². The molecular weight excluding hydrogens is 256 g/mol. The number of thioether (sulfide) groups is 1. The van der Waals surface area contributed by atoms with Gasteiger partial charge < -0.3 is 10.3 Å². The van der Waals surface area contributed by atoms with Gasteiger partial charge in [0.05, 0.1) is 5.56 Å². The monoisotopic (exact) mass is 274 g/mol. The molecule has 2 unspecified atom stereocenters. The first-order chi connectivity index (χ1) is 9.28. The summed E-state index contributed by atoms with van der Waals surface area (Å²) >= 11 is 1.91. The molecule has 3 nitrogen and oxygen atoms in total. The van der Waals surface area contributed by atoms with E-state index in [4.69, 9.17) is 0 Å². The number of hydrogen-bond acceptors (Lipinski definition) is 2. The molecule has 1 saturated carbocycles. The Hall–Kier alpha value is -1.42. The fourth-order valence-corrected chi connectivity index (χ4v) is 3.60. The number of amides is 1. The highest BCUT2D eigenvalue weighted by molar-refractivity contribution is 7.99. The van der Waals surface area contributed by atoms with Crippen LogP contribution in [-0.2, 0) is 0 Å². The molecule has 2 atom stereocenters. The van der Waals surface area contributed by atoms with Crippen molar-refractivity contribution in [2.75, 3.05) is 6.26 Å². The van der Waals surface area contributed by atoms with Gasteiger partial charge in [-0.3, -0.25) is 4.79 Å². The van der Waals surface area contributed by atoms with Crippen LogP contribution in [0.25, 0.3) is 10.9 Å². The molecule has 1 aliphatic rings. The topological polar surface area (TPSA) is 44.9 Å². The number of fused-ring (bicyclic) bond motifs is 1. The molecule has 2 aromatic rings. The molecule has 0 radical (unpaired) electrons. The quantitative estimate of drug-likeness (QED) is 0.903. The first-order valence-electron chi connectivity index (χ1n) is 6.67. The van der Waals surface area contributed by atoms with Gasteiger partial charge in [-0.05, 0) is 31.6 Å². The Morgan fingerprint density at radius 2 is 2.21 bits per heavy atom. The first-order valence-corrected chi connectivity index (χ1v) is 7.96. The SMILES string of the molecule is CSC1CCC(NC(=O)c2c[nH]c3ccccc23)C1. The van der Waals surface area contributed by atoms with Gasteiger partial charge >= 0.3 is 0 Å². The zero-order valence-electron chi connectivity index (χ0n) is 11.0. The van der Waals surface area contributed by atoms with Crippen molar-refractivity contribution in [1.82, 2.24) is 10.3 Å². The normalized spacial score (nSPS) is 22.8. The predicted molar refractivity (Wildman–Crippen MR) is 80.7 cm³/mol. The maximum atomic E-state index is 12.3. The summed E-state index contributed by atoms with van der Waals surface area (Å²) in [5.74, 6) is 0.0456. The largest absolute Gasteiger partial charge is 0.360 e. The standard InChI is InChI=1S/C15H18N2OS/c1-19-11-7-6-10(8-11)17-15(18)13-9-16-14-5-3-2-4-12(13)14/h2-5,9-11,16H,6-8H2,1H3,(H,17,18). The molecule has 0 bridgehead atoms. The molecule has 0 aliphatic heterocycles. The Morgan fingerprint density at radius 3 is 3.00 bits per heavy atom. The number of carbonyl (C=O) groups is 1. The third-order valence-corrected chi connectivity index (χ3v) is 4.98. The zero-order valence-corrected chi connectivity index (χ0v) is 11.8. The first kappa shape index (κ1) is 12.6. The lowest BCUT2D eigenvalue weighted by Gasteiger charge is -2.12. The lowest BCUT2D eigenvalue weighted by molar-refractivity contribution is 0.0939. The van der Waals surface area contributed by atoms with Gasteiger partial charge in [-0.25, -0.2) is 0 Å². The molecule has 1 aromatic carbocycles. The van der Waals surface area contributed by atoms with E-state index in [1.54, 1.807) is 6.20 Å². The average Bonchev–Trinajstić information content (AvgIpc) is 3.04. The summed E-state index contributed by atoms with van der Waals surface area (Å²) in [5, 5.41) is 4.87. The highest BCUT2D eigenvalue weighted by Gasteiger charge is 2.26. The van der Waals surface area contributed by atoms with E-state index in [1.165, 1.54) is 6.42 Å². The smallest absolute Gasteiger partial charge is 0.253 e. The number of hydrogen-bond donors (Lipinski definition) is 2. The van der Waals surface area contributed by atoms with Crippen LogP contribution in [0.2, 0.25) is 0 Å². The van der Waals surface area contributed by atoms with Crippen molar-refractivity contribution in [1.29, 1.82) is 0 Å². The van der Waals surface area contributed by atoms with Crippen LogP contribution >= 0.6 is 11.8 Å². The van der Waals surface area contributed by atoms with E-state index in [-0.39, 0.29) is 5.91 Å². The molecule has 1 fully saturated rings. The molecule has 4 heteroatoms. The van der Waals surface area contributed by atoms with Gasteiger partial charge in [-0.1, -0.05) is 18.2 Å². The Morgan fingerprint density at radius 1 is 1.37 bits per heavy atom. The second-order valence-electron chi connectivity index (χ2n) is 5.09. The zero-order chi connectivity index (χ0) is 13.2. The summed E-state index contributed by atoms with van der Waals surface area (Å²) in [6, 6.07) is 8.25. The maximum Gasteiger partial charge on any atom is 0.253 e. The van der Waals surface area contributed by atoms with Gasteiger partial charge in [-0.2, -0.15) is 11.8 Å². The van der Waals surface area contributed by atoms with E-state index >= 15 is 0 Å². The second kappa shape index (κ2) is 5.29. The number of carbonyl (C=O) groups excluding carboxylic acids is 1. The number of rotatable bonds is 3. The Kier molecular flexibility index (Phi) is 3.51. The molecule has 19 heavy (non-hydrogen) atoms. The maximum absolute atomic E-state index is 12.3. The summed E-state index contributed by atoms with van der Waals surface area (Å²) in [7, 11) is 0. The summed E-state index contributed by atoms with van der Waals surface area (Å²) in [4.78, 5) is 15.5. The number of H-pyrrole nitrogens is 1. The van der Waals surface area contributed by atoms with Crippen molar-refractivity contribution in [2.45, 2.75) is 30.6 Å². The Labute approximate surface area is 117 Å². The van der Waals surface area contributed by atoms with Crippen LogP contribution in [0.5, 0.6) is 0 Å². The predicted octanol–water partition coefficient (Wildman–Crippen LogP) is 3.18. The van der Waals surface area contributed by atoms with E-state index in [1.807, 2.05) is 36.0 Å².